The second kappa shape index (κ2) is 10.2. The minimum Gasteiger partial charge on any atom is -0.311 e. The van der Waals surface area contributed by atoms with Crippen LogP contribution in [0, 0.1) is 13.8 Å². The zero-order valence-corrected chi connectivity index (χ0v) is 21.4. The van der Waals surface area contributed by atoms with Gasteiger partial charge in [-0.2, -0.15) is 0 Å². The molecule has 0 aromatic heterocycles. The third-order valence-electron chi connectivity index (χ3n) is 7.88. The molecule has 0 aliphatic heterocycles. The van der Waals surface area contributed by atoms with Gasteiger partial charge in [0.15, 0.2) is 7.28 Å². The largest absolute Gasteiger partial charge is 0.311 e. The van der Waals surface area contributed by atoms with E-state index in [9.17, 15) is 0 Å². The number of hydrogen-bond acceptors (Lipinski definition) is 1. The molecule has 0 amide bonds. The Balaban J connectivity index is 1.55. The Morgan fingerprint density at radius 3 is 1.43 bits per heavy atom. The van der Waals surface area contributed by atoms with E-state index in [1.54, 1.807) is 0 Å². The zero-order valence-electron chi connectivity index (χ0n) is 21.4. The van der Waals surface area contributed by atoms with E-state index in [1.807, 2.05) is 0 Å². The molecule has 0 unspecified atom stereocenters. The summed E-state index contributed by atoms with van der Waals surface area (Å²) in [4.78, 5) is 2.38. The first kappa shape index (κ1) is 23.5. The summed E-state index contributed by atoms with van der Waals surface area (Å²) >= 11 is 0. The molecule has 4 aromatic rings. The lowest BCUT2D eigenvalue weighted by molar-refractivity contribution is 0.346. The summed E-state index contributed by atoms with van der Waals surface area (Å²) in [7, 11) is 1.06. The van der Waals surface area contributed by atoms with Crippen molar-refractivity contribution in [2.75, 3.05) is 4.90 Å². The van der Waals surface area contributed by atoms with Crippen LogP contribution in [0.5, 0.6) is 0 Å². The molecule has 0 bridgehead atoms. The molecule has 5 rings (SSSR count). The average Bonchev–Trinajstić information content (AvgIpc) is 2.91. The third-order valence-corrected chi connectivity index (χ3v) is 7.88. The highest BCUT2D eigenvalue weighted by molar-refractivity contribution is 6.51. The Morgan fingerprint density at radius 1 is 0.543 bits per heavy atom. The van der Waals surface area contributed by atoms with Crippen LogP contribution in [0.15, 0.2) is 97.1 Å². The molecule has 0 N–H and O–H groups in total. The molecule has 0 spiro atoms. The van der Waals surface area contributed by atoms with Crippen LogP contribution < -0.4 is 10.4 Å². The lowest BCUT2D eigenvalue weighted by atomic mass is 9.65. The Bertz CT molecular complexity index is 1230. The van der Waals surface area contributed by atoms with Gasteiger partial charge in [0.1, 0.15) is 0 Å². The van der Waals surface area contributed by atoms with Gasteiger partial charge in [-0.3, -0.25) is 0 Å². The van der Waals surface area contributed by atoms with Gasteiger partial charge in [0.25, 0.3) is 0 Å². The fraction of sp³-hybridized carbons (Fsp3) is 0.273. The molecule has 1 aliphatic carbocycles. The van der Waals surface area contributed by atoms with Crippen molar-refractivity contribution in [3.05, 3.63) is 119 Å². The van der Waals surface area contributed by atoms with Crippen LogP contribution in [0.3, 0.4) is 0 Å². The smallest absolute Gasteiger partial charge is 0.154 e. The van der Waals surface area contributed by atoms with Gasteiger partial charge in [-0.05, 0) is 74.2 Å². The number of anilines is 3. The van der Waals surface area contributed by atoms with Crippen molar-refractivity contribution in [3.63, 3.8) is 0 Å². The highest BCUT2D eigenvalue weighted by atomic mass is 15.1. The van der Waals surface area contributed by atoms with Gasteiger partial charge in [-0.1, -0.05) is 103 Å². The molecule has 0 radical (unpaired) electrons. The van der Waals surface area contributed by atoms with Crippen LogP contribution >= 0.6 is 0 Å². The topological polar surface area (TPSA) is 3.24 Å². The molecule has 4 aromatic carbocycles. The van der Waals surface area contributed by atoms with Crippen molar-refractivity contribution < 1.29 is 0 Å². The average molecular weight is 457 g/mol. The van der Waals surface area contributed by atoms with Crippen molar-refractivity contribution >= 4 is 29.8 Å². The molecular formula is C33H36BN. The van der Waals surface area contributed by atoms with Crippen molar-refractivity contribution in [2.45, 2.75) is 58.2 Å². The molecule has 0 atom stereocenters. The monoisotopic (exact) mass is 457 g/mol. The van der Waals surface area contributed by atoms with E-state index in [-0.39, 0.29) is 5.41 Å². The van der Waals surface area contributed by atoms with E-state index < -0.39 is 0 Å². The van der Waals surface area contributed by atoms with Crippen molar-refractivity contribution in [2.24, 2.45) is 0 Å². The second-order valence-corrected chi connectivity index (χ2v) is 10.2. The first-order valence-corrected chi connectivity index (χ1v) is 13.2. The van der Waals surface area contributed by atoms with E-state index in [1.165, 1.54) is 76.9 Å². The fourth-order valence-corrected chi connectivity index (χ4v) is 5.72. The summed E-state index contributed by atoms with van der Waals surface area (Å²) in [5.74, 6) is 0. The molecule has 1 aliphatic rings. The normalized spacial score (nSPS) is 14.9. The molecule has 1 nitrogen and oxygen atoms in total. The molecule has 0 heterocycles. The first-order valence-electron chi connectivity index (χ1n) is 13.2. The minimum atomic E-state index is 0.127. The van der Waals surface area contributed by atoms with Crippen molar-refractivity contribution in [3.8, 4) is 0 Å². The van der Waals surface area contributed by atoms with Gasteiger partial charge in [-0.15, -0.1) is 0 Å². The second-order valence-electron chi connectivity index (χ2n) is 10.2. The van der Waals surface area contributed by atoms with Crippen LogP contribution in [-0.4, -0.2) is 7.28 Å². The van der Waals surface area contributed by atoms with Gasteiger partial charge >= 0.3 is 0 Å². The maximum atomic E-state index is 2.39. The predicted octanol–water partition coefficient (Wildman–Crippen LogP) is 8.13. The Kier molecular flexibility index (Phi) is 6.82. The lowest BCUT2D eigenvalue weighted by Crippen LogP contribution is -2.30. The fourth-order valence-electron chi connectivity index (χ4n) is 5.72. The van der Waals surface area contributed by atoms with Crippen LogP contribution in [0.4, 0.5) is 17.1 Å². The molecule has 0 saturated heterocycles. The molecule has 176 valence electrons. The summed E-state index contributed by atoms with van der Waals surface area (Å²) in [5, 5.41) is 0. The Morgan fingerprint density at radius 2 is 0.943 bits per heavy atom. The van der Waals surface area contributed by atoms with Gasteiger partial charge in [0, 0.05) is 22.5 Å². The minimum absolute atomic E-state index is 0.127. The molecule has 1 fully saturated rings. The number of rotatable bonds is 6. The van der Waals surface area contributed by atoms with Crippen LogP contribution in [0.2, 0.25) is 6.82 Å². The SMILES string of the molecule is CBc1ccc(N(c2ccc(C)cc2)c2ccc(C3(c4ccc(C)cc4)CCCCC3)cc2)cc1. The van der Waals surface area contributed by atoms with Crippen LogP contribution in [0.25, 0.3) is 0 Å². The van der Waals surface area contributed by atoms with Gasteiger partial charge in [0.2, 0.25) is 0 Å². The van der Waals surface area contributed by atoms with Gasteiger partial charge < -0.3 is 4.90 Å². The standard InChI is InChI=1S/C33H36BN/c1-25-7-11-27(12-8-25)33(23-5-4-6-24-33)28-13-19-31(20-14-28)35(30-17-9-26(2)10-18-30)32-21-15-29(34-3)16-22-32/h7-22,34H,4-6,23-24H2,1-3H3. The summed E-state index contributed by atoms with van der Waals surface area (Å²) < 4.78 is 0. The van der Waals surface area contributed by atoms with E-state index in [2.05, 4.69) is 123 Å². The summed E-state index contributed by atoms with van der Waals surface area (Å²) in [6, 6.07) is 36.6. The quantitative estimate of drug-likeness (QED) is 0.264. The van der Waals surface area contributed by atoms with Crippen molar-refractivity contribution in [1.29, 1.82) is 0 Å². The van der Waals surface area contributed by atoms with Crippen LogP contribution in [-0.2, 0) is 5.41 Å². The van der Waals surface area contributed by atoms with Crippen molar-refractivity contribution in [1.82, 2.24) is 0 Å². The summed E-state index contributed by atoms with van der Waals surface area (Å²) in [6.45, 7) is 6.53. The van der Waals surface area contributed by atoms with E-state index in [4.69, 9.17) is 0 Å². The molecule has 35 heavy (non-hydrogen) atoms. The zero-order chi connectivity index (χ0) is 24.3. The highest BCUT2D eigenvalue weighted by Gasteiger charge is 2.35. The molecule has 2 heteroatoms. The number of benzene rings is 4. The first-order chi connectivity index (χ1) is 17.1. The van der Waals surface area contributed by atoms with Gasteiger partial charge in [-0.25, -0.2) is 0 Å². The lowest BCUT2D eigenvalue weighted by Gasteiger charge is -2.39. The molecule has 1 saturated carbocycles. The van der Waals surface area contributed by atoms with Crippen LogP contribution in [0.1, 0.15) is 54.4 Å². The summed E-state index contributed by atoms with van der Waals surface area (Å²) in [6.07, 6.45) is 6.41. The van der Waals surface area contributed by atoms with E-state index in [0.29, 0.717) is 0 Å². The maximum absolute atomic E-state index is 2.39. The highest BCUT2D eigenvalue weighted by Crippen LogP contribution is 2.46. The Hall–Kier alpha value is -3.26. The Labute approximate surface area is 212 Å². The van der Waals surface area contributed by atoms with Gasteiger partial charge in [0.05, 0.1) is 0 Å². The number of nitrogens with zero attached hydrogens (tertiary/aromatic N) is 1. The number of hydrogen-bond donors (Lipinski definition) is 0. The van der Waals surface area contributed by atoms with E-state index in [0.717, 1.165) is 7.28 Å². The van der Waals surface area contributed by atoms with E-state index >= 15 is 0 Å². The predicted molar refractivity (Wildman–Crippen MR) is 154 cm³/mol. The maximum Gasteiger partial charge on any atom is 0.154 e. The molecular weight excluding hydrogens is 421 g/mol. The summed E-state index contributed by atoms with van der Waals surface area (Å²) in [5.41, 5.74) is 10.6. The number of aryl methyl sites for hydroxylation is 2. The third kappa shape index (κ3) is 4.80.